The first-order valence-corrected chi connectivity index (χ1v) is 7.14. The molecule has 0 radical (unpaired) electrons. The molecule has 86 valence electrons. The van der Waals surface area contributed by atoms with Gasteiger partial charge in [0.2, 0.25) is 0 Å². The molecule has 0 aliphatic carbocycles. The molecule has 0 saturated carbocycles. The number of aromatic nitrogens is 2. The molecule has 1 rings (SSSR count). The third-order valence-electron chi connectivity index (χ3n) is 2.22. The second-order valence-corrected chi connectivity index (χ2v) is 5.93. The first-order chi connectivity index (χ1) is 7.11. The normalized spacial score (nSPS) is 15.2. The number of hydrogen-bond acceptors (Lipinski definition) is 3. The topological polar surface area (TPSA) is 29.9 Å². The summed E-state index contributed by atoms with van der Waals surface area (Å²) in [6.45, 7) is 6.37. The fraction of sp³-hybridized carbons (Fsp3) is 0.700. The van der Waals surface area contributed by atoms with Gasteiger partial charge in [-0.3, -0.25) is 4.68 Å². The van der Waals surface area contributed by atoms with Crippen LogP contribution >= 0.6 is 27.7 Å². The maximum Gasteiger partial charge on any atom is 0.0632 e. The van der Waals surface area contributed by atoms with Gasteiger partial charge in [0, 0.05) is 24.0 Å². The number of halogens is 1. The van der Waals surface area contributed by atoms with E-state index in [-0.39, 0.29) is 0 Å². The van der Waals surface area contributed by atoms with Gasteiger partial charge < -0.3 is 5.32 Å². The van der Waals surface area contributed by atoms with E-state index in [1.807, 2.05) is 28.8 Å². The minimum atomic E-state index is 0.450. The molecule has 0 fully saturated rings. The minimum Gasteiger partial charge on any atom is -0.311 e. The van der Waals surface area contributed by atoms with E-state index in [0.29, 0.717) is 11.3 Å². The third kappa shape index (κ3) is 5.04. The highest BCUT2D eigenvalue weighted by molar-refractivity contribution is 9.10. The van der Waals surface area contributed by atoms with Crippen LogP contribution in [0.1, 0.15) is 13.8 Å². The van der Waals surface area contributed by atoms with Crippen LogP contribution in [-0.2, 0) is 6.54 Å². The zero-order valence-corrected chi connectivity index (χ0v) is 11.8. The molecule has 0 amide bonds. The molecule has 0 aliphatic heterocycles. The molecule has 0 unspecified atom stereocenters. The van der Waals surface area contributed by atoms with Crippen LogP contribution in [0.15, 0.2) is 16.9 Å². The largest absolute Gasteiger partial charge is 0.311 e. The molecule has 15 heavy (non-hydrogen) atoms. The summed E-state index contributed by atoms with van der Waals surface area (Å²) in [4.78, 5) is 0. The molecular formula is C10H18BrN3S. The van der Waals surface area contributed by atoms with Gasteiger partial charge in [0.1, 0.15) is 0 Å². The number of rotatable bonds is 6. The summed E-state index contributed by atoms with van der Waals surface area (Å²) < 4.78 is 2.98. The SMILES string of the molecule is CS[C@@H](C)CN[C@@H](C)Cn1cc(Br)cn1. The minimum absolute atomic E-state index is 0.450. The van der Waals surface area contributed by atoms with Gasteiger partial charge in [0.05, 0.1) is 17.2 Å². The van der Waals surface area contributed by atoms with Gasteiger partial charge in [0.25, 0.3) is 0 Å². The lowest BCUT2D eigenvalue weighted by Gasteiger charge is -2.16. The maximum atomic E-state index is 4.23. The van der Waals surface area contributed by atoms with Crippen LogP contribution in [0.2, 0.25) is 0 Å². The number of hydrogen-bond donors (Lipinski definition) is 1. The standard InChI is InChI=1S/C10H18BrN3S/c1-8(12-4-9(2)15-3)6-14-7-10(11)5-13-14/h5,7-9,12H,4,6H2,1-3H3/t8-,9-/m0/s1. The Hall–Kier alpha value is -0.0000000000000000555. The molecular weight excluding hydrogens is 274 g/mol. The highest BCUT2D eigenvalue weighted by Crippen LogP contribution is 2.07. The molecule has 1 aromatic rings. The molecule has 1 heterocycles. The molecule has 1 N–H and O–H groups in total. The summed E-state index contributed by atoms with van der Waals surface area (Å²) >= 11 is 5.27. The highest BCUT2D eigenvalue weighted by Gasteiger charge is 2.05. The van der Waals surface area contributed by atoms with Crippen molar-refractivity contribution in [3.63, 3.8) is 0 Å². The highest BCUT2D eigenvalue weighted by atomic mass is 79.9. The van der Waals surface area contributed by atoms with Crippen molar-refractivity contribution in [1.29, 1.82) is 0 Å². The van der Waals surface area contributed by atoms with E-state index in [1.165, 1.54) is 0 Å². The van der Waals surface area contributed by atoms with Crippen LogP contribution in [-0.4, -0.2) is 33.9 Å². The van der Waals surface area contributed by atoms with Crippen LogP contribution < -0.4 is 5.32 Å². The fourth-order valence-electron chi connectivity index (χ4n) is 1.23. The molecule has 0 aliphatic rings. The molecule has 0 spiro atoms. The van der Waals surface area contributed by atoms with E-state index in [9.17, 15) is 0 Å². The van der Waals surface area contributed by atoms with Crippen molar-refractivity contribution in [3.8, 4) is 0 Å². The van der Waals surface area contributed by atoms with Crippen molar-refractivity contribution in [2.45, 2.75) is 31.7 Å². The Bertz CT molecular complexity index is 290. The quantitative estimate of drug-likeness (QED) is 0.873. The third-order valence-corrected chi connectivity index (χ3v) is 3.60. The summed E-state index contributed by atoms with van der Waals surface area (Å²) in [7, 11) is 0. The first kappa shape index (κ1) is 13.1. The van der Waals surface area contributed by atoms with Crippen molar-refractivity contribution < 1.29 is 0 Å². The van der Waals surface area contributed by atoms with Gasteiger partial charge in [-0.15, -0.1) is 0 Å². The van der Waals surface area contributed by atoms with Crippen LogP contribution in [0, 0.1) is 0 Å². The van der Waals surface area contributed by atoms with Crippen molar-refractivity contribution >= 4 is 27.7 Å². The smallest absolute Gasteiger partial charge is 0.0632 e. The van der Waals surface area contributed by atoms with Gasteiger partial charge in [-0.25, -0.2) is 0 Å². The van der Waals surface area contributed by atoms with Crippen molar-refractivity contribution in [2.24, 2.45) is 0 Å². The van der Waals surface area contributed by atoms with Crippen molar-refractivity contribution in [3.05, 3.63) is 16.9 Å². The number of nitrogens with zero attached hydrogens (tertiary/aromatic N) is 2. The average molecular weight is 292 g/mol. The summed E-state index contributed by atoms with van der Waals surface area (Å²) in [6, 6.07) is 0.450. The molecule has 5 heteroatoms. The van der Waals surface area contributed by atoms with E-state index in [0.717, 1.165) is 17.6 Å². The molecule has 1 aromatic heterocycles. The second-order valence-electron chi connectivity index (χ2n) is 3.74. The van der Waals surface area contributed by atoms with Crippen LogP contribution in [0.5, 0.6) is 0 Å². The fourth-order valence-corrected chi connectivity index (χ4v) is 1.82. The van der Waals surface area contributed by atoms with Crippen molar-refractivity contribution in [2.75, 3.05) is 12.8 Å². The average Bonchev–Trinajstić information content (AvgIpc) is 2.60. The Kier molecular flexibility index (Phi) is 5.71. The van der Waals surface area contributed by atoms with Crippen LogP contribution in [0.3, 0.4) is 0 Å². The van der Waals surface area contributed by atoms with E-state index in [1.54, 1.807) is 0 Å². The predicted molar refractivity (Wildman–Crippen MR) is 70.4 cm³/mol. The van der Waals surface area contributed by atoms with E-state index < -0.39 is 0 Å². The van der Waals surface area contributed by atoms with Crippen LogP contribution in [0.25, 0.3) is 0 Å². The Balaban J connectivity index is 2.27. The monoisotopic (exact) mass is 291 g/mol. The Labute approximate surface area is 104 Å². The molecule has 0 aromatic carbocycles. The van der Waals surface area contributed by atoms with Crippen LogP contribution in [0.4, 0.5) is 0 Å². The van der Waals surface area contributed by atoms with Gasteiger partial charge in [-0.2, -0.15) is 16.9 Å². The summed E-state index contributed by atoms with van der Waals surface area (Å²) in [5.74, 6) is 0. The number of nitrogens with one attached hydrogen (secondary N) is 1. The second kappa shape index (κ2) is 6.55. The molecule has 0 saturated heterocycles. The lowest BCUT2D eigenvalue weighted by Crippen LogP contribution is -2.34. The summed E-state index contributed by atoms with van der Waals surface area (Å²) in [6.07, 6.45) is 5.95. The maximum absolute atomic E-state index is 4.23. The van der Waals surface area contributed by atoms with Gasteiger partial charge in [-0.1, -0.05) is 6.92 Å². The molecule has 3 nitrogen and oxygen atoms in total. The Morgan fingerprint density at radius 2 is 2.33 bits per heavy atom. The van der Waals surface area contributed by atoms with Crippen molar-refractivity contribution in [1.82, 2.24) is 15.1 Å². The summed E-state index contributed by atoms with van der Waals surface area (Å²) in [5.41, 5.74) is 0. The molecule has 2 atom stereocenters. The molecule has 0 bridgehead atoms. The van der Waals surface area contributed by atoms with E-state index >= 15 is 0 Å². The van der Waals surface area contributed by atoms with Gasteiger partial charge in [0.15, 0.2) is 0 Å². The lowest BCUT2D eigenvalue weighted by atomic mass is 10.3. The lowest BCUT2D eigenvalue weighted by molar-refractivity contribution is 0.454. The predicted octanol–water partition coefficient (Wildman–Crippen LogP) is 2.38. The Morgan fingerprint density at radius 3 is 2.87 bits per heavy atom. The first-order valence-electron chi connectivity index (χ1n) is 5.06. The zero-order chi connectivity index (χ0) is 11.3. The Morgan fingerprint density at radius 1 is 1.60 bits per heavy atom. The van der Waals surface area contributed by atoms with Gasteiger partial charge in [-0.05, 0) is 29.1 Å². The van der Waals surface area contributed by atoms with Gasteiger partial charge >= 0.3 is 0 Å². The number of thioether (sulfide) groups is 1. The zero-order valence-electron chi connectivity index (χ0n) is 9.40. The van der Waals surface area contributed by atoms with E-state index in [2.05, 4.69) is 46.4 Å². The summed E-state index contributed by atoms with van der Waals surface area (Å²) in [5, 5.41) is 8.39. The van der Waals surface area contributed by atoms with E-state index in [4.69, 9.17) is 0 Å².